The van der Waals surface area contributed by atoms with Gasteiger partial charge in [0, 0.05) is 31.9 Å². The van der Waals surface area contributed by atoms with Gasteiger partial charge in [0.15, 0.2) is 5.78 Å². The highest BCUT2D eigenvalue weighted by Gasteiger charge is 2.27. The Hall–Kier alpha value is -1.47. The van der Waals surface area contributed by atoms with Crippen molar-refractivity contribution < 1.29 is 23.9 Å². The van der Waals surface area contributed by atoms with Gasteiger partial charge in [-0.05, 0) is 25.7 Å². The summed E-state index contributed by atoms with van der Waals surface area (Å²) in [6.07, 6.45) is 3.83. The topological polar surface area (TPSA) is 93.7 Å². The molecule has 7 nitrogen and oxygen atoms in total. The van der Waals surface area contributed by atoms with Gasteiger partial charge in [0.25, 0.3) is 0 Å². The van der Waals surface area contributed by atoms with Crippen LogP contribution in [0.4, 0.5) is 0 Å². The Kier molecular flexibility index (Phi) is 14.9. The van der Waals surface area contributed by atoms with Crippen LogP contribution in [0.25, 0.3) is 0 Å². The number of carbonyl (C=O) groups excluding carboxylic acids is 3. The van der Waals surface area contributed by atoms with E-state index in [0.29, 0.717) is 32.7 Å². The van der Waals surface area contributed by atoms with Crippen LogP contribution in [-0.4, -0.2) is 57.1 Å². The Morgan fingerprint density at radius 2 is 1.65 bits per heavy atom. The van der Waals surface area contributed by atoms with E-state index in [1.807, 2.05) is 13.8 Å². The maximum absolute atomic E-state index is 12.0. The van der Waals surface area contributed by atoms with Crippen molar-refractivity contribution in [1.29, 1.82) is 0 Å². The van der Waals surface area contributed by atoms with E-state index in [1.165, 1.54) is 0 Å². The van der Waals surface area contributed by atoms with Crippen molar-refractivity contribution in [2.24, 2.45) is 5.92 Å². The molecule has 0 radical (unpaired) electrons. The molecule has 0 spiro atoms. The third kappa shape index (κ3) is 11.2. The second-order valence-corrected chi connectivity index (χ2v) is 6.08. The van der Waals surface area contributed by atoms with Crippen LogP contribution >= 0.6 is 0 Å². The molecule has 2 amide bonds. The van der Waals surface area contributed by atoms with E-state index in [0.717, 1.165) is 25.7 Å². The Labute approximate surface area is 157 Å². The van der Waals surface area contributed by atoms with Crippen LogP contribution in [0.2, 0.25) is 0 Å². The number of methoxy groups -OCH3 is 1. The summed E-state index contributed by atoms with van der Waals surface area (Å²) >= 11 is 0. The van der Waals surface area contributed by atoms with Gasteiger partial charge in [0.2, 0.25) is 11.8 Å². The average Bonchev–Trinajstić information content (AvgIpc) is 2.67. The third-order valence-corrected chi connectivity index (χ3v) is 4.22. The van der Waals surface area contributed by atoms with Crippen LogP contribution in [0.3, 0.4) is 0 Å². The predicted molar refractivity (Wildman–Crippen MR) is 101 cm³/mol. The lowest BCUT2D eigenvalue weighted by Crippen LogP contribution is -2.41. The molecule has 1 fully saturated rings. The molecule has 0 heterocycles. The molecule has 1 aliphatic rings. The Morgan fingerprint density at radius 1 is 1.00 bits per heavy atom. The maximum atomic E-state index is 12.0. The second-order valence-electron chi connectivity index (χ2n) is 6.08. The van der Waals surface area contributed by atoms with Gasteiger partial charge >= 0.3 is 0 Å². The number of ketones is 1. The number of hydrogen-bond donors (Lipinski definition) is 2. The Bertz CT molecular complexity index is 407. The molecule has 26 heavy (non-hydrogen) atoms. The number of hydrogen-bond acceptors (Lipinski definition) is 5. The van der Waals surface area contributed by atoms with E-state index in [2.05, 4.69) is 10.6 Å². The molecule has 1 saturated carbocycles. The van der Waals surface area contributed by atoms with Gasteiger partial charge in [-0.15, -0.1) is 0 Å². The highest BCUT2D eigenvalue weighted by molar-refractivity contribution is 5.86. The van der Waals surface area contributed by atoms with Crippen molar-refractivity contribution in [3.63, 3.8) is 0 Å². The van der Waals surface area contributed by atoms with Crippen molar-refractivity contribution >= 4 is 17.6 Å². The quantitative estimate of drug-likeness (QED) is 0.540. The molecule has 0 aromatic heterocycles. The van der Waals surface area contributed by atoms with Gasteiger partial charge in [0.05, 0.1) is 26.4 Å². The SMILES string of the molecule is CC.CCC(=O)CNC(=O)C1CCC(NC(=O)CCOCCOC)CC1. The zero-order valence-corrected chi connectivity index (χ0v) is 16.8. The van der Waals surface area contributed by atoms with E-state index in [1.54, 1.807) is 14.0 Å². The minimum atomic E-state index is -0.0554. The third-order valence-electron chi connectivity index (χ3n) is 4.22. The fraction of sp³-hybridized carbons (Fsp3) is 0.842. The van der Waals surface area contributed by atoms with Gasteiger partial charge in [0.1, 0.15) is 0 Å². The molecule has 7 heteroatoms. The number of amides is 2. The summed E-state index contributed by atoms with van der Waals surface area (Å²) in [6.45, 7) is 7.31. The van der Waals surface area contributed by atoms with E-state index >= 15 is 0 Å². The fourth-order valence-electron chi connectivity index (χ4n) is 2.66. The van der Waals surface area contributed by atoms with Crippen LogP contribution in [0, 0.1) is 5.92 Å². The number of rotatable bonds is 11. The Morgan fingerprint density at radius 3 is 2.23 bits per heavy atom. The molecule has 2 N–H and O–H groups in total. The first kappa shape index (κ1) is 24.5. The average molecular weight is 373 g/mol. The van der Waals surface area contributed by atoms with Crippen LogP contribution < -0.4 is 10.6 Å². The van der Waals surface area contributed by atoms with Crippen LogP contribution in [-0.2, 0) is 23.9 Å². The van der Waals surface area contributed by atoms with Gasteiger partial charge in [-0.25, -0.2) is 0 Å². The molecule has 0 aromatic rings. The highest BCUT2D eigenvalue weighted by atomic mass is 16.5. The number of ether oxygens (including phenoxy) is 2. The second kappa shape index (κ2) is 15.8. The molecular weight excluding hydrogens is 336 g/mol. The highest BCUT2D eigenvalue weighted by Crippen LogP contribution is 2.24. The summed E-state index contributed by atoms with van der Waals surface area (Å²) < 4.78 is 10.1. The summed E-state index contributed by atoms with van der Waals surface area (Å²) in [5, 5.41) is 5.69. The van der Waals surface area contributed by atoms with Crippen molar-refractivity contribution in [2.45, 2.75) is 65.3 Å². The zero-order valence-electron chi connectivity index (χ0n) is 16.8. The van der Waals surface area contributed by atoms with Gasteiger partial charge in [-0.3, -0.25) is 14.4 Å². The smallest absolute Gasteiger partial charge is 0.223 e. The predicted octanol–water partition coefficient (Wildman–Crippen LogP) is 1.84. The Balaban J connectivity index is 0.00000301. The minimum Gasteiger partial charge on any atom is -0.382 e. The molecule has 0 bridgehead atoms. The van der Waals surface area contributed by atoms with Gasteiger partial charge in [-0.1, -0.05) is 20.8 Å². The van der Waals surface area contributed by atoms with E-state index in [9.17, 15) is 14.4 Å². The van der Waals surface area contributed by atoms with Crippen molar-refractivity contribution in [1.82, 2.24) is 10.6 Å². The molecule has 0 atom stereocenters. The molecular formula is C19H36N2O5. The molecule has 1 rings (SSSR count). The van der Waals surface area contributed by atoms with Crippen LogP contribution in [0.15, 0.2) is 0 Å². The molecule has 1 aliphatic carbocycles. The monoisotopic (exact) mass is 372 g/mol. The lowest BCUT2D eigenvalue weighted by molar-refractivity contribution is -0.128. The molecule has 152 valence electrons. The zero-order chi connectivity index (χ0) is 19.8. The van der Waals surface area contributed by atoms with Crippen LogP contribution in [0.5, 0.6) is 0 Å². The van der Waals surface area contributed by atoms with Crippen molar-refractivity contribution in [2.75, 3.05) is 33.5 Å². The first-order valence-electron chi connectivity index (χ1n) is 9.72. The van der Waals surface area contributed by atoms with E-state index in [-0.39, 0.29) is 36.1 Å². The summed E-state index contributed by atoms with van der Waals surface area (Å²) in [4.78, 5) is 35.1. The number of carbonyl (C=O) groups is 3. The van der Waals surface area contributed by atoms with E-state index < -0.39 is 0 Å². The fourth-order valence-corrected chi connectivity index (χ4v) is 2.66. The molecule has 0 unspecified atom stereocenters. The standard InChI is InChI=1S/C17H30N2O5.C2H6/c1-3-15(20)12-18-17(22)13-4-6-14(7-5-13)19-16(21)8-9-24-11-10-23-2;1-2/h13-14H,3-12H2,1-2H3,(H,18,22)(H,19,21);1-2H3. The van der Waals surface area contributed by atoms with Gasteiger partial charge in [-0.2, -0.15) is 0 Å². The largest absolute Gasteiger partial charge is 0.382 e. The lowest BCUT2D eigenvalue weighted by atomic mass is 9.85. The first-order chi connectivity index (χ1) is 12.6. The van der Waals surface area contributed by atoms with Crippen molar-refractivity contribution in [3.05, 3.63) is 0 Å². The van der Waals surface area contributed by atoms with E-state index in [4.69, 9.17) is 9.47 Å². The molecule has 0 aromatic carbocycles. The molecule has 0 saturated heterocycles. The lowest BCUT2D eigenvalue weighted by Gasteiger charge is -2.28. The maximum Gasteiger partial charge on any atom is 0.223 e. The minimum absolute atomic E-state index is 0.0196. The van der Waals surface area contributed by atoms with Gasteiger partial charge < -0.3 is 20.1 Å². The van der Waals surface area contributed by atoms with Crippen molar-refractivity contribution in [3.8, 4) is 0 Å². The normalized spacial score (nSPS) is 19.1. The number of nitrogens with one attached hydrogen (secondary N) is 2. The number of Topliss-reactive ketones (excluding diaryl/α,β-unsaturated/α-hetero) is 1. The summed E-state index contributed by atoms with van der Waals surface area (Å²) in [5.74, 6) is -0.0841. The summed E-state index contributed by atoms with van der Waals surface area (Å²) in [7, 11) is 1.61. The summed E-state index contributed by atoms with van der Waals surface area (Å²) in [6, 6.07) is 0.123. The molecule has 0 aliphatic heterocycles. The van der Waals surface area contributed by atoms with Crippen LogP contribution in [0.1, 0.15) is 59.3 Å². The summed E-state index contributed by atoms with van der Waals surface area (Å²) in [5.41, 5.74) is 0. The first-order valence-corrected chi connectivity index (χ1v) is 9.72.